The second kappa shape index (κ2) is 6.65. The Morgan fingerprint density at radius 2 is 1.84 bits per heavy atom. The van der Waals surface area contributed by atoms with E-state index in [1.807, 2.05) is 42.5 Å². The van der Waals surface area contributed by atoms with Gasteiger partial charge in [-0.3, -0.25) is 0 Å². The standard InChI is InChI=1S/C15H16INO2/c1-2-9-18-13-7-4-8-14(15(13)17)19-12-6-3-5-11(16)10-12/h3-8,10H,2,9,17H2,1H3. The molecule has 2 aromatic carbocycles. The van der Waals surface area contributed by atoms with Crippen molar-refractivity contribution >= 4 is 28.3 Å². The van der Waals surface area contributed by atoms with Crippen LogP contribution in [0.4, 0.5) is 5.69 Å². The van der Waals surface area contributed by atoms with Crippen LogP contribution in [-0.4, -0.2) is 6.61 Å². The van der Waals surface area contributed by atoms with E-state index < -0.39 is 0 Å². The lowest BCUT2D eigenvalue weighted by Gasteiger charge is -2.12. The largest absolute Gasteiger partial charge is 0.491 e. The van der Waals surface area contributed by atoms with Crippen LogP contribution >= 0.6 is 22.6 Å². The van der Waals surface area contributed by atoms with Crippen LogP contribution in [0.2, 0.25) is 0 Å². The van der Waals surface area contributed by atoms with Crippen LogP contribution in [-0.2, 0) is 0 Å². The van der Waals surface area contributed by atoms with E-state index in [2.05, 4.69) is 29.5 Å². The average molecular weight is 369 g/mol. The van der Waals surface area contributed by atoms with E-state index in [0.717, 1.165) is 15.7 Å². The summed E-state index contributed by atoms with van der Waals surface area (Å²) in [6, 6.07) is 13.4. The van der Waals surface area contributed by atoms with Crippen LogP contribution in [0, 0.1) is 3.57 Å². The summed E-state index contributed by atoms with van der Waals surface area (Å²) in [6.07, 6.45) is 0.946. The SMILES string of the molecule is CCCOc1cccc(Oc2cccc(I)c2)c1N. The Morgan fingerprint density at radius 3 is 2.58 bits per heavy atom. The molecule has 0 amide bonds. The molecule has 0 saturated heterocycles. The third-order valence-electron chi connectivity index (χ3n) is 2.51. The molecule has 0 aliphatic rings. The fraction of sp³-hybridized carbons (Fsp3) is 0.200. The molecule has 0 aliphatic carbocycles. The van der Waals surface area contributed by atoms with Gasteiger partial charge in [-0.05, 0) is 59.3 Å². The molecule has 0 radical (unpaired) electrons. The Morgan fingerprint density at radius 1 is 1.11 bits per heavy atom. The second-order valence-corrected chi connectivity index (χ2v) is 5.32. The molecule has 0 heterocycles. The molecule has 100 valence electrons. The fourth-order valence-corrected chi connectivity index (χ4v) is 2.12. The number of nitrogen functional groups attached to an aromatic ring is 1. The second-order valence-electron chi connectivity index (χ2n) is 4.08. The lowest BCUT2D eigenvalue weighted by Crippen LogP contribution is -2.00. The smallest absolute Gasteiger partial charge is 0.154 e. The average Bonchev–Trinajstić information content (AvgIpc) is 2.40. The van der Waals surface area contributed by atoms with Crippen LogP contribution < -0.4 is 15.2 Å². The Hall–Kier alpha value is -1.43. The van der Waals surface area contributed by atoms with Crippen LogP contribution in [0.3, 0.4) is 0 Å². The topological polar surface area (TPSA) is 44.5 Å². The molecule has 0 bridgehead atoms. The Balaban J connectivity index is 2.20. The number of para-hydroxylation sites is 1. The first kappa shape index (κ1) is 14.0. The van der Waals surface area contributed by atoms with E-state index in [1.54, 1.807) is 0 Å². The van der Waals surface area contributed by atoms with Gasteiger partial charge in [0.1, 0.15) is 17.2 Å². The molecule has 0 unspecified atom stereocenters. The molecule has 3 nitrogen and oxygen atoms in total. The van der Waals surface area contributed by atoms with Crippen LogP contribution in [0.1, 0.15) is 13.3 Å². The maximum Gasteiger partial charge on any atom is 0.154 e. The summed E-state index contributed by atoms with van der Waals surface area (Å²) < 4.78 is 12.5. The minimum absolute atomic E-state index is 0.537. The molecule has 4 heteroatoms. The summed E-state index contributed by atoms with van der Waals surface area (Å²) in [5.74, 6) is 2.06. The van der Waals surface area contributed by atoms with Gasteiger partial charge in [-0.1, -0.05) is 19.1 Å². The Kier molecular flexibility index (Phi) is 4.90. The van der Waals surface area contributed by atoms with Crippen molar-refractivity contribution in [2.45, 2.75) is 13.3 Å². The third-order valence-corrected chi connectivity index (χ3v) is 3.18. The zero-order valence-corrected chi connectivity index (χ0v) is 12.9. The highest BCUT2D eigenvalue weighted by Gasteiger charge is 2.08. The molecule has 2 aromatic rings. The van der Waals surface area contributed by atoms with Gasteiger partial charge in [0, 0.05) is 3.57 Å². The minimum Gasteiger partial charge on any atom is -0.491 e. The summed E-state index contributed by atoms with van der Waals surface area (Å²) >= 11 is 2.25. The molecule has 0 spiro atoms. The quantitative estimate of drug-likeness (QED) is 0.626. The summed E-state index contributed by atoms with van der Waals surface area (Å²) in [7, 11) is 0. The molecule has 2 rings (SSSR count). The number of hydrogen-bond donors (Lipinski definition) is 1. The lowest BCUT2D eigenvalue weighted by molar-refractivity contribution is 0.318. The first-order valence-corrected chi connectivity index (χ1v) is 7.23. The minimum atomic E-state index is 0.537. The van der Waals surface area contributed by atoms with Gasteiger partial charge in [-0.15, -0.1) is 0 Å². The lowest BCUT2D eigenvalue weighted by atomic mass is 10.2. The van der Waals surface area contributed by atoms with Crippen molar-refractivity contribution < 1.29 is 9.47 Å². The number of anilines is 1. The van der Waals surface area contributed by atoms with Crippen LogP contribution in [0.15, 0.2) is 42.5 Å². The monoisotopic (exact) mass is 369 g/mol. The van der Waals surface area contributed by atoms with E-state index in [4.69, 9.17) is 15.2 Å². The van der Waals surface area contributed by atoms with E-state index in [-0.39, 0.29) is 0 Å². The fourth-order valence-electron chi connectivity index (χ4n) is 1.61. The number of benzene rings is 2. The van der Waals surface area contributed by atoms with Crippen molar-refractivity contribution in [3.05, 3.63) is 46.0 Å². The van der Waals surface area contributed by atoms with Crippen LogP contribution in [0.25, 0.3) is 0 Å². The first-order chi connectivity index (χ1) is 9.20. The molecule has 0 atom stereocenters. The number of halogens is 1. The maximum atomic E-state index is 6.06. The normalized spacial score (nSPS) is 10.2. The highest BCUT2D eigenvalue weighted by atomic mass is 127. The number of nitrogens with two attached hydrogens (primary N) is 1. The van der Waals surface area contributed by atoms with Crippen molar-refractivity contribution in [3.8, 4) is 17.2 Å². The molecule has 0 aliphatic heterocycles. The van der Waals surface area contributed by atoms with Gasteiger partial charge < -0.3 is 15.2 Å². The van der Waals surface area contributed by atoms with Gasteiger partial charge in [0.2, 0.25) is 0 Å². The molecular formula is C15H16INO2. The van der Waals surface area contributed by atoms with Gasteiger partial charge in [0.25, 0.3) is 0 Å². The van der Waals surface area contributed by atoms with Crippen molar-refractivity contribution in [2.24, 2.45) is 0 Å². The molecule has 19 heavy (non-hydrogen) atoms. The number of ether oxygens (including phenoxy) is 2. The van der Waals surface area contributed by atoms with E-state index in [1.165, 1.54) is 0 Å². The van der Waals surface area contributed by atoms with Crippen molar-refractivity contribution in [2.75, 3.05) is 12.3 Å². The van der Waals surface area contributed by atoms with Crippen molar-refractivity contribution in [3.63, 3.8) is 0 Å². The Labute approximate surface area is 126 Å². The summed E-state index contributed by atoms with van der Waals surface area (Å²) in [5.41, 5.74) is 6.59. The Bertz CT molecular complexity index is 558. The maximum absolute atomic E-state index is 6.06. The third kappa shape index (κ3) is 3.76. The van der Waals surface area contributed by atoms with Crippen molar-refractivity contribution in [1.29, 1.82) is 0 Å². The van der Waals surface area contributed by atoms with Gasteiger partial charge in [-0.25, -0.2) is 0 Å². The van der Waals surface area contributed by atoms with Crippen molar-refractivity contribution in [1.82, 2.24) is 0 Å². The van der Waals surface area contributed by atoms with Gasteiger partial charge in [-0.2, -0.15) is 0 Å². The van der Waals surface area contributed by atoms with Gasteiger partial charge >= 0.3 is 0 Å². The van der Waals surface area contributed by atoms with E-state index in [9.17, 15) is 0 Å². The van der Waals surface area contributed by atoms with E-state index in [0.29, 0.717) is 23.8 Å². The van der Waals surface area contributed by atoms with Crippen LogP contribution in [0.5, 0.6) is 17.2 Å². The molecule has 0 fully saturated rings. The summed E-state index contributed by atoms with van der Waals surface area (Å²) in [5, 5.41) is 0. The number of hydrogen-bond acceptors (Lipinski definition) is 3. The van der Waals surface area contributed by atoms with Gasteiger partial charge in [0.15, 0.2) is 5.75 Å². The zero-order valence-electron chi connectivity index (χ0n) is 10.7. The zero-order chi connectivity index (χ0) is 13.7. The highest BCUT2D eigenvalue weighted by Crippen LogP contribution is 2.34. The predicted molar refractivity (Wildman–Crippen MR) is 85.9 cm³/mol. The summed E-state index contributed by atoms with van der Waals surface area (Å²) in [6.45, 7) is 2.71. The van der Waals surface area contributed by atoms with E-state index >= 15 is 0 Å². The van der Waals surface area contributed by atoms with Gasteiger partial charge in [0.05, 0.1) is 6.61 Å². The summed E-state index contributed by atoms with van der Waals surface area (Å²) in [4.78, 5) is 0. The molecule has 2 N–H and O–H groups in total. The molecule has 0 aromatic heterocycles. The first-order valence-electron chi connectivity index (χ1n) is 6.15. The highest BCUT2D eigenvalue weighted by molar-refractivity contribution is 14.1. The predicted octanol–water partition coefficient (Wildman–Crippen LogP) is 4.45. The number of rotatable bonds is 5. The molecular weight excluding hydrogens is 353 g/mol. The molecule has 0 saturated carbocycles.